The van der Waals surface area contributed by atoms with E-state index in [9.17, 15) is 14.4 Å². The van der Waals surface area contributed by atoms with Gasteiger partial charge in [-0.15, -0.1) is 0 Å². The Morgan fingerprint density at radius 1 is 1.00 bits per heavy atom. The van der Waals surface area contributed by atoms with Crippen LogP contribution in [0, 0.1) is 0 Å². The molecule has 4 aromatic rings. The van der Waals surface area contributed by atoms with Crippen LogP contribution in [0.5, 0.6) is 0 Å². The van der Waals surface area contributed by atoms with E-state index in [0.717, 1.165) is 19.8 Å². The fraction of sp³-hybridized carbons (Fsp3) is 0.0500. The van der Waals surface area contributed by atoms with Crippen LogP contribution < -0.4 is 16.6 Å². The van der Waals surface area contributed by atoms with Crippen LogP contribution in [0.2, 0.25) is 0 Å². The third-order valence-corrected chi connectivity index (χ3v) is 4.99. The van der Waals surface area contributed by atoms with Crippen LogP contribution in [0.3, 0.4) is 0 Å². The van der Waals surface area contributed by atoms with Crippen molar-refractivity contribution in [3.8, 4) is 0 Å². The molecule has 2 N–H and O–H groups in total. The monoisotopic (exact) mass is 423 g/mol. The van der Waals surface area contributed by atoms with E-state index >= 15 is 0 Å². The molecule has 4 rings (SSSR count). The summed E-state index contributed by atoms with van der Waals surface area (Å²) < 4.78 is 1.86. The van der Waals surface area contributed by atoms with E-state index in [1.54, 1.807) is 30.3 Å². The smallest absolute Gasteiger partial charge is 0.325 e. The Balaban J connectivity index is 1.63. The number of fused-ring (bicyclic) bond motifs is 2. The molecule has 7 heteroatoms. The zero-order chi connectivity index (χ0) is 19.0. The van der Waals surface area contributed by atoms with Crippen molar-refractivity contribution in [1.29, 1.82) is 0 Å². The molecular weight excluding hydrogens is 410 g/mol. The average Bonchev–Trinajstić information content (AvgIpc) is 2.65. The lowest BCUT2D eigenvalue weighted by Gasteiger charge is -2.09. The quantitative estimate of drug-likeness (QED) is 0.530. The lowest BCUT2D eigenvalue weighted by molar-refractivity contribution is -0.116. The fourth-order valence-electron chi connectivity index (χ4n) is 3.01. The second-order valence-electron chi connectivity index (χ2n) is 6.09. The average molecular weight is 424 g/mol. The Bertz CT molecular complexity index is 1310. The number of anilines is 1. The number of hydrogen-bond acceptors (Lipinski definition) is 3. The number of halogens is 1. The SMILES string of the molecule is O=C(Cn1c(=O)[nH]c2ccccc2c1=O)Nc1ccc2c(Br)cccc2c1. The molecule has 6 nitrogen and oxygen atoms in total. The molecule has 0 atom stereocenters. The largest absolute Gasteiger partial charge is 0.329 e. The maximum absolute atomic E-state index is 12.5. The van der Waals surface area contributed by atoms with E-state index in [0.29, 0.717) is 16.6 Å². The summed E-state index contributed by atoms with van der Waals surface area (Å²) in [6.07, 6.45) is 0. The highest BCUT2D eigenvalue weighted by atomic mass is 79.9. The molecule has 27 heavy (non-hydrogen) atoms. The minimum absolute atomic E-state index is 0.362. The van der Waals surface area contributed by atoms with Crippen molar-refractivity contribution in [2.45, 2.75) is 6.54 Å². The molecule has 0 fully saturated rings. The van der Waals surface area contributed by atoms with Crippen molar-refractivity contribution in [3.63, 3.8) is 0 Å². The highest BCUT2D eigenvalue weighted by molar-refractivity contribution is 9.10. The van der Waals surface area contributed by atoms with Crippen molar-refractivity contribution < 1.29 is 4.79 Å². The van der Waals surface area contributed by atoms with Crippen LogP contribution in [-0.4, -0.2) is 15.5 Å². The predicted molar refractivity (Wildman–Crippen MR) is 109 cm³/mol. The molecule has 1 heterocycles. The number of aromatic amines is 1. The molecule has 0 aliphatic rings. The molecule has 0 aliphatic heterocycles. The zero-order valence-electron chi connectivity index (χ0n) is 14.0. The van der Waals surface area contributed by atoms with E-state index in [1.165, 1.54) is 0 Å². The van der Waals surface area contributed by atoms with Gasteiger partial charge in [-0.3, -0.25) is 14.2 Å². The second-order valence-corrected chi connectivity index (χ2v) is 6.95. The summed E-state index contributed by atoms with van der Waals surface area (Å²) in [5.41, 5.74) is -0.0663. The van der Waals surface area contributed by atoms with Crippen molar-refractivity contribution in [1.82, 2.24) is 9.55 Å². The van der Waals surface area contributed by atoms with Crippen LogP contribution in [0.15, 0.2) is 74.7 Å². The van der Waals surface area contributed by atoms with E-state index < -0.39 is 17.2 Å². The van der Waals surface area contributed by atoms with Crippen LogP contribution in [-0.2, 0) is 11.3 Å². The number of aromatic nitrogens is 2. The minimum atomic E-state index is -0.615. The standard InChI is InChI=1S/C20H14BrN3O3/c21-16-6-3-4-12-10-13(8-9-14(12)16)22-18(25)11-24-19(26)15-5-1-2-7-17(15)23-20(24)27/h1-10H,11H2,(H,22,25)(H,23,27). The first-order valence-corrected chi connectivity index (χ1v) is 9.02. The summed E-state index contributed by atoms with van der Waals surface area (Å²) in [5, 5.41) is 5.09. The highest BCUT2D eigenvalue weighted by Crippen LogP contribution is 2.26. The van der Waals surface area contributed by atoms with Gasteiger partial charge in [0.1, 0.15) is 6.54 Å². The molecule has 3 aromatic carbocycles. The number of carbonyl (C=O) groups is 1. The summed E-state index contributed by atoms with van der Waals surface area (Å²) in [6, 6.07) is 18.0. The molecule has 0 aliphatic carbocycles. The maximum Gasteiger partial charge on any atom is 0.329 e. The lowest BCUT2D eigenvalue weighted by atomic mass is 10.1. The van der Waals surface area contributed by atoms with Crippen molar-refractivity contribution in [2.75, 3.05) is 5.32 Å². The van der Waals surface area contributed by atoms with Crippen molar-refractivity contribution >= 4 is 49.2 Å². The first kappa shape index (κ1) is 17.2. The first-order chi connectivity index (χ1) is 13.0. The van der Waals surface area contributed by atoms with Crippen LogP contribution in [0.1, 0.15) is 0 Å². The summed E-state index contributed by atoms with van der Waals surface area (Å²) in [4.78, 5) is 39.7. The number of nitrogens with zero attached hydrogens (tertiary/aromatic N) is 1. The number of nitrogens with one attached hydrogen (secondary N) is 2. The first-order valence-electron chi connectivity index (χ1n) is 8.23. The van der Waals surface area contributed by atoms with Gasteiger partial charge in [0.15, 0.2) is 0 Å². The number of rotatable bonds is 3. The molecular formula is C20H14BrN3O3. The number of hydrogen-bond donors (Lipinski definition) is 2. The van der Waals surface area contributed by atoms with Gasteiger partial charge in [0.05, 0.1) is 10.9 Å². The second kappa shape index (κ2) is 6.85. The Hall–Kier alpha value is -3.19. The van der Waals surface area contributed by atoms with Gasteiger partial charge in [-0.1, -0.05) is 46.3 Å². The zero-order valence-corrected chi connectivity index (χ0v) is 15.6. The summed E-state index contributed by atoms with van der Waals surface area (Å²) in [5.74, 6) is -0.452. The normalized spacial score (nSPS) is 11.0. The summed E-state index contributed by atoms with van der Waals surface area (Å²) in [6.45, 7) is -0.366. The fourth-order valence-corrected chi connectivity index (χ4v) is 3.52. The van der Waals surface area contributed by atoms with E-state index in [-0.39, 0.29) is 6.54 Å². The lowest BCUT2D eigenvalue weighted by Crippen LogP contribution is -2.38. The number of para-hydroxylation sites is 1. The highest BCUT2D eigenvalue weighted by Gasteiger charge is 2.11. The van der Waals surface area contributed by atoms with Crippen molar-refractivity contribution in [3.05, 3.63) is 86.0 Å². The topological polar surface area (TPSA) is 84.0 Å². The third-order valence-electron chi connectivity index (χ3n) is 4.30. The molecule has 0 spiro atoms. The molecule has 134 valence electrons. The van der Waals surface area contributed by atoms with Gasteiger partial charge < -0.3 is 10.3 Å². The molecule has 0 saturated carbocycles. The molecule has 0 bridgehead atoms. The van der Waals surface area contributed by atoms with Gasteiger partial charge in [0.25, 0.3) is 5.56 Å². The van der Waals surface area contributed by atoms with Gasteiger partial charge in [0, 0.05) is 10.2 Å². The predicted octanol–water partition coefficient (Wildman–Crippen LogP) is 3.24. The van der Waals surface area contributed by atoms with Crippen molar-refractivity contribution in [2.24, 2.45) is 0 Å². The number of amides is 1. The molecule has 1 aromatic heterocycles. The Labute approximate surface area is 161 Å². The van der Waals surface area contributed by atoms with Gasteiger partial charge >= 0.3 is 5.69 Å². The number of carbonyl (C=O) groups excluding carboxylic acids is 1. The van der Waals surface area contributed by atoms with Gasteiger partial charge in [-0.25, -0.2) is 4.79 Å². The number of H-pyrrole nitrogens is 1. The Morgan fingerprint density at radius 2 is 1.81 bits per heavy atom. The third kappa shape index (κ3) is 3.29. The molecule has 0 radical (unpaired) electrons. The summed E-state index contributed by atoms with van der Waals surface area (Å²) >= 11 is 3.49. The van der Waals surface area contributed by atoms with Gasteiger partial charge in [-0.2, -0.15) is 0 Å². The van der Waals surface area contributed by atoms with Gasteiger partial charge in [0.2, 0.25) is 5.91 Å². The summed E-state index contributed by atoms with van der Waals surface area (Å²) in [7, 11) is 0. The van der Waals surface area contributed by atoms with E-state index in [4.69, 9.17) is 0 Å². The van der Waals surface area contributed by atoms with Crippen LogP contribution in [0.25, 0.3) is 21.7 Å². The minimum Gasteiger partial charge on any atom is -0.325 e. The van der Waals surface area contributed by atoms with E-state index in [1.807, 2.05) is 30.3 Å². The number of benzene rings is 3. The molecule has 0 saturated heterocycles. The Kier molecular flexibility index (Phi) is 4.37. The molecule has 0 unspecified atom stereocenters. The van der Waals surface area contributed by atoms with Crippen LogP contribution in [0.4, 0.5) is 5.69 Å². The molecule has 1 amide bonds. The maximum atomic E-state index is 12.5. The van der Waals surface area contributed by atoms with Crippen LogP contribution >= 0.6 is 15.9 Å². The van der Waals surface area contributed by atoms with Gasteiger partial charge in [-0.05, 0) is 41.1 Å². The van der Waals surface area contributed by atoms with E-state index in [2.05, 4.69) is 26.2 Å². The Morgan fingerprint density at radius 3 is 2.67 bits per heavy atom.